The third kappa shape index (κ3) is 6.44. The molecular formula is C14H17N2O6S4-. The van der Waals surface area contributed by atoms with Gasteiger partial charge in [-0.05, 0) is 25.0 Å². The van der Waals surface area contributed by atoms with E-state index in [1.54, 1.807) is 17.8 Å². The first kappa shape index (κ1) is 21.5. The second kappa shape index (κ2) is 11.2. The molecule has 1 N–H and O–H groups in total. The third-order valence-electron chi connectivity index (χ3n) is 3.45. The summed E-state index contributed by atoms with van der Waals surface area (Å²) < 4.78 is 4.48. The number of carbonyl (C=O) groups excluding carboxylic acids is 1. The first-order valence-corrected chi connectivity index (χ1v) is 10.8. The number of thioether (sulfide) groups is 2. The summed E-state index contributed by atoms with van der Waals surface area (Å²) in [6.45, 7) is 1.38. The Morgan fingerprint density at radius 2 is 2.23 bits per heavy atom. The molecule has 0 aromatic carbocycles. The molecule has 0 atom stereocenters. The quantitative estimate of drug-likeness (QED) is 0.134. The zero-order chi connectivity index (χ0) is 18.9. The molecule has 12 heteroatoms. The number of thiocarbonyl (C=S) groups is 1. The van der Waals surface area contributed by atoms with Crippen LogP contribution in [0.15, 0.2) is 22.1 Å². The van der Waals surface area contributed by atoms with Crippen molar-refractivity contribution in [1.82, 2.24) is 9.80 Å². The fourth-order valence-corrected chi connectivity index (χ4v) is 4.96. The second-order valence-corrected chi connectivity index (χ2v) is 8.76. The van der Waals surface area contributed by atoms with Crippen LogP contribution in [-0.2, 0) is 19.0 Å². The van der Waals surface area contributed by atoms with Crippen molar-refractivity contribution in [3.05, 3.63) is 22.1 Å². The van der Waals surface area contributed by atoms with Crippen LogP contribution in [0.2, 0.25) is 0 Å². The molecular weight excluding hydrogens is 420 g/mol. The van der Waals surface area contributed by atoms with Gasteiger partial charge in [-0.1, -0.05) is 24.0 Å². The van der Waals surface area contributed by atoms with Crippen molar-refractivity contribution in [2.45, 2.75) is 12.8 Å². The molecule has 0 aliphatic carbocycles. The van der Waals surface area contributed by atoms with Crippen LogP contribution >= 0.6 is 47.8 Å². The molecule has 144 valence electrons. The number of carboxylic acids is 1. The molecule has 2 heterocycles. The summed E-state index contributed by atoms with van der Waals surface area (Å²) in [6, 6.07) is 0. The molecule has 0 aromatic rings. The molecule has 0 radical (unpaired) electrons. The van der Waals surface area contributed by atoms with E-state index in [9.17, 15) is 14.8 Å². The van der Waals surface area contributed by atoms with Gasteiger partial charge >= 0.3 is 5.97 Å². The summed E-state index contributed by atoms with van der Waals surface area (Å²) in [6.07, 6.45) is 5.41. The lowest BCUT2D eigenvalue weighted by Gasteiger charge is -2.18. The zero-order valence-corrected chi connectivity index (χ0v) is 16.9. The highest BCUT2D eigenvalue weighted by molar-refractivity contribution is 8.26. The lowest BCUT2D eigenvalue weighted by atomic mass is 10.3. The monoisotopic (exact) mass is 437 g/mol. The SMILES string of the molecule is O=C(O)CN1C(=O)/C(=C/C=C2\SCCN2CCCCSOO[O-])SC1=S. The van der Waals surface area contributed by atoms with Crippen LogP contribution in [0.25, 0.3) is 0 Å². The lowest BCUT2D eigenvalue weighted by molar-refractivity contribution is -0.777. The lowest BCUT2D eigenvalue weighted by Crippen LogP contribution is -2.33. The van der Waals surface area contributed by atoms with Gasteiger partial charge in [0.2, 0.25) is 0 Å². The Hall–Kier alpha value is -0.760. The normalized spacial score (nSPS) is 20.8. The van der Waals surface area contributed by atoms with Crippen molar-refractivity contribution < 1.29 is 29.3 Å². The first-order valence-electron chi connectivity index (χ1n) is 7.66. The Bertz CT molecular complexity index is 612. The largest absolute Gasteiger partial charge is 0.691 e. The van der Waals surface area contributed by atoms with Crippen molar-refractivity contribution in [2.75, 3.05) is 31.1 Å². The van der Waals surface area contributed by atoms with E-state index < -0.39 is 12.5 Å². The number of allylic oxidation sites excluding steroid dienone is 2. The first-order chi connectivity index (χ1) is 12.5. The molecule has 0 aromatic heterocycles. The molecule has 2 saturated heterocycles. The summed E-state index contributed by atoms with van der Waals surface area (Å²) in [5, 5.41) is 22.9. The summed E-state index contributed by atoms with van der Waals surface area (Å²) in [4.78, 5) is 26.8. The Balaban J connectivity index is 1.87. The maximum Gasteiger partial charge on any atom is 0.323 e. The van der Waals surface area contributed by atoms with Gasteiger partial charge in [0.25, 0.3) is 5.91 Å². The second-order valence-electron chi connectivity index (χ2n) is 5.19. The van der Waals surface area contributed by atoms with Crippen molar-refractivity contribution >= 4 is 64.0 Å². The van der Waals surface area contributed by atoms with Crippen LogP contribution in [0.1, 0.15) is 12.8 Å². The number of hydrogen-bond donors (Lipinski definition) is 1. The third-order valence-corrected chi connectivity index (χ3v) is 6.53. The topological polar surface area (TPSA) is 102 Å². The van der Waals surface area contributed by atoms with E-state index in [4.69, 9.17) is 17.3 Å². The molecule has 2 aliphatic heterocycles. The van der Waals surface area contributed by atoms with E-state index in [2.05, 4.69) is 14.3 Å². The predicted molar refractivity (Wildman–Crippen MR) is 104 cm³/mol. The van der Waals surface area contributed by atoms with E-state index in [0.717, 1.165) is 65.4 Å². The van der Waals surface area contributed by atoms with Crippen LogP contribution in [0, 0.1) is 0 Å². The number of amides is 1. The highest BCUT2D eigenvalue weighted by Gasteiger charge is 2.33. The van der Waals surface area contributed by atoms with Gasteiger partial charge in [0.1, 0.15) is 10.9 Å². The summed E-state index contributed by atoms with van der Waals surface area (Å²) in [5.41, 5.74) is 0. The van der Waals surface area contributed by atoms with Crippen LogP contribution in [0.4, 0.5) is 0 Å². The van der Waals surface area contributed by atoms with Gasteiger partial charge in [-0.2, -0.15) is 4.33 Å². The van der Waals surface area contributed by atoms with Gasteiger partial charge in [-0.25, -0.2) is 0 Å². The molecule has 0 spiro atoms. The molecule has 26 heavy (non-hydrogen) atoms. The van der Waals surface area contributed by atoms with Crippen LogP contribution in [0.5, 0.6) is 0 Å². The van der Waals surface area contributed by atoms with E-state index in [1.807, 2.05) is 6.08 Å². The highest BCUT2D eigenvalue weighted by atomic mass is 32.2. The molecule has 2 aliphatic rings. The van der Waals surface area contributed by atoms with Crippen LogP contribution in [0.3, 0.4) is 0 Å². The van der Waals surface area contributed by atoms with Gasteiger partial charge in [0.15, 0.2) is 0 Å². The smallest absolute Gasteiger partial charge is 0.323 e. The maximum atomic E-state index is 12.2. The minimum atomic E-state index is -1.09. The van der Waals surface area contributed by atoms with Gasteiger partial charge < -0.3 is 15.3 Å². The predicted octanol–water partition coefficient (Wildman–Crippen LogP) is 1.36. The van der Waals surface area contributed by atoms with Crippen molar-refractivity contribution in [3.63, 3.8) is 0 Å². The Kier molecular flexibility index (Phi) is 9.25. The van der Waals surface area contributed by atoms with Crippen molar-refractivity contribution in [3.8, 4) is 0 Å². The number of hydrogen-bond acceptors (Lipinski definition) is 10. The number of carboxylic acid groups (broad SMARTS) is 1. The molecule has 0 saturated carbocycles. The maximum absolute atomic E-state index is 12.2. The van der Waals surface area contributed by atoms with Gasteiger partial charge in [0.05, 0.1) is 9.93 Å². The van der Waals surface area contributed by atoms with Gasteiger partial charge in [-0.15, -0.1) is 11.8 Å². The standard InChI is InChI=1S/C14H18N2O6S4/c17-12(18)9-16-13(19)10(26-14(16)23)3-4-11-15(6-8-24-11)5-1-2-7-25-22-21-20/h3-4,20H,1-2,5-9H2,(H,17,18)/p-1/b10-3-,11-4-. The van der Waals surface area contributed by atoms with Gasteiger partial charge in [0, 0.05) is 36.6 Å². The van der Waals surface area contributed by atoms with Crippen LogP contribution < -0.4 is 5.26 Å². The molecule has 1 amide bonds. The summed E-state index contributed by atoms with van der Waals surface area (Å²) in [7, 11) is 0. The van der Waals surface area contributed by atoms with Crippen molar-refractivity contribution in [1.29, 1.82) is 0 Å². The molecule has 0 unspecified atom stereocenters. The Morgan fingerprint density at radius 1 is 1.42 bits per heavy atom. The number of carbonyl (C=O) groups is 2. The van der Waals surface area contributed by atoms with Crippen LogP contribution in [-0.4, -0.2) is 62.2 Å². The summed E-state index contributed by atoms with van der Waals surface area (Å²) >= 11 is 8.89. The fourth-order valence-electron chi connectivity index (χ4n) is 2.29. The number of aliphatic carboxylic acids is 1. The zero-order valence-electron chi connectivity index (χ0n) is 13.6. The van der Waals surface area contributed by atoms with E-state index in [-0.39, 0.29) is 10.2 Å². The number of unbranched alkanes of at least 4 members (excludes halogenated alkanes) is 1. The summed E-state index contributed by atoms with van der Waals surface area (Å²) in [5.74, 6) is 0.186. The average molecular weight is 438 g/mol. The molecule has 0 bridgehead atoms. The molecule has 2 fully saturated rings. The van der Waals surface area contributed by atoms with E-state index in [1.165, 1.54) is 0 Å². The highest BCUT2D eigenvalue weighted by Crippen LogP contribution is 2.33. The van der Waals surface area contributed by atoms with Gasteiger partial charge in [-0.3, -0.25) is 19.5 Å². The minimum Gasteiger partial charge on any atom is -0.691 e. The molecule has 8 nitrogen and oxygen atoms in total. The molecule has 2 rings (SSSR count). The average Bonchev–Trinajstić information content (AvgIpc) is 3.15. The van der Waals surface area contributed by atoms with E-state index in [0.29, 0.717) is 10.7 Å². The van der Waals surface area contributed by atoms with Crippen molar-refractivity contribution in [2.24, 2.45) is 0 Å². The number of nitrogens with zero attached hydrogens (tertiary/aromatic N) is 2. The number of rotatable bonds is 10. The fraction of sp³-hybridized carbons (Fsp3) is 0.500. The Labute approximate surface area is 169 Å². The Morgan fingerprint density at radius 3 is 2.96 bits per heavy atom. The van der Waals surface area contributed by atoms with E-state index >= 15 is 0 Å². The minimum absolute atomic E-state index is 0.264.